The Morgan fingerprint density at radius 3 is 2.64 bits per heavy atom. The summed E-state index contributed by atoms with van der Waals surface area (Å²) in [5.41, 5.74) is 5.93. The predicted molar refractivity (Wildman–Crippen MR) is 46.4 cm³/mol. The van der Waals surface area contributed by atoms with Gasteiger partial charge in [-0.05, 0) is 45.2 Å². The topological polar surface area (TPSA) is 29.3 Å². The lowest BCUT2D eigenvalue weighted by molar-refractivity contribution is 0.151. The largest absolute Gasteiger partial charge is 0.328 e. The fraction of sp³-hybridized carbons (Fsp3) is 1.00. The number of nitrogens with zero attached hydrogens (tertiary/aromatic N) is 1. The van der Waals surface area contributed by atoms with Gasteiger partial charge in [-0.15, -0.1) is 0 Å². The molecular formula is C9H18N2. The van der Waals surface area contributed by atoms with Crippen molar-refractivity contribution in [1.29, 1.82) is 0 Å². The molecule has 0 aromatic rings. The van der Waals surface area contributed by atoms with Crippen molar-refractivity contribution in [2.24, 2.45) is 11.7 Å². The number of hydrogen-bond donors (Lipinski definition) is 1. The molecule has 2 rings (SSSR count). The molecule has 0 aromatic carbocycles. The lowest BCUT2D eigenvalue weighted by Crippen LogP contribution is -2.45. The second-order valence-corrected chi connectivity index (χ2v) is 4.17. The molecule has 2 aliphatic rings. The van der Waals surface area contributed by atoms with E-state index in [2.05, 4.69) is 11.9 Å². The number of piperidine rings is 1. The van der Waals surface area contributed by atoms with Gasteiger partial charge in [0.15, 0.2) is 0 Å². The summed E-state index contributed by atoms with van der Waals surface area (Å²) < 4.78 is 0. The number of rotatable bonds is 1. The van der Waals surface area contributed by atoms with E-state index in [4.69, 9.17) is 5.73 Å². The molecule has 1 aliphatic carbocycles. The van der Waals surface area contributed by atoms with Crippen molar-refractivity contribution in [2.45, 2.75) is 37.8 Å². The molecule has 2 unspecified atom stereocenters. The maximum absolute atomic E-state index is 5.93. The van der Waals surface area contributed by atoms with E-state index in [1.54, 1.807) is 0 Å². The van der Waals surface area contributed by atoms with E-state index in [9.17, 15) is 0 Å². The molecule has 0 aromatic heterocycles. The minimum atomic E-state index is 0.483. The lowest BCUT2D eigenvalue weighted by Gasteiger charge is -2.35. The van der Waals surface area contributed by atoms with Gasteiger partial charge in [-0.3, -0.25) is 0 Å². The summed E-state index contributed by atoms with van der Waals surface area (Å²) in [5.74, 6) is 0.992. The van der Waals surface area contributed by atoms with E-state index in [0.717, 1.165) is 12.0 Å². The van der Waals surface area contributed by atoms with Gasteiger partial charge in [0.05, 0.1) is 0 Å². The molecule has 1 saturated carbocycles. The quantitative estimate of drug-likeness (QED) is 0.606. The van der Waals surface area contributed by atoms with Crippen molar-refractivity contribution in [1.82, 2.24) is 4.90 Å². The summed E-state index contributed by atoms with van der Waals surface area (Å²) in [4.78, 5) is 2.50. The fourth-order valence-electron chi connectivity index (χ4n) is 2.18. The van der Waals surface area contributed by atoms with Gasteiger partial charge in [0.2, 0.25) is 0 Å². The van der Waals surface area contributed by atoms with E-state index in [-0.39, 0.29) is 0 Å². The standard InChI is InChI=1S/C9H18N2/c1-11-5-4-8(10)6-9(11)7-2-3-7/h7-9H,2-6,10H2,1H3. The monoisotopic (exact) mass is 154 g/mol. The van der Waals surface area contributed by atoms with Crippen LogP contribution in [-0.4, -0.2) is 30.6 Å². The average Bonchev–Trinajstić information content (AvgIpc) is 2.76. The Balaban J connectivity index is 1.93. The Bertz CT molecular complexity index is 142. The summed E-state index contributed by atoms with van der Waals surface area (Å²) in [5, 5.41) is 0. The highest BCUT2D eigenvalue weighted by Gasteiger charge is 2.36. The second-order valence-electron chi connectivity index (χ2n) is 4.17. The van der Waals surface area contributed by atoms with Crippen molar-refractivity contribution >= 4 is 0 Å². The molecule has 1 aliphatic heterocycles. The molecule has 0 amide bonds. The van der Waals surface area contributed by atoms with Gasteiger partial charge >= 0.3 is 0 Å². The van der Waals surface area contributed by atoms with Crippen molar-refractivity contribution in [3.8, 4) is 0 Å². The van der Waals surface area contributed by atoms with E-state index < -0.39 is 0 Å². The van der Waals surface area contributed by atoms with Gasteiger partial charge in [0.25, 0.3) is 0 Å². The molecule has 2 atom stereocenters. The summed E-state index contributed by atoms with van der Waals surface area (Å²) in [7, 11) is 2.24. The Hall–Kier alpha value is -0.0800. The predicted octanol–water partition coefficient (Wildman–Crippen LogP) is 0.818. The zero-order valence-corrected chi connectivity index (χ0v) is 7.29. The minimum absolute atomic E-state index is 0.483. The molecule has 2 heteroatoms. The summed E-state index contributed by atoms with van der Waals surface area (Å²) in [6, 6.07) is 1.30. The first-order valence-electron chi connectivity index (χ1n) is 4.73. The van der Waals surface area contributed by atoms with E-state index >= 15 is 0 Å². The average molecular weight is 154 g/mol. The second kappa shape index (κ2) is 2.76. The van der Waals surface area contributed by atoms with Crippen LogP contribution in [0.5, 0.6) is 0 Å². The zero-order chi connectivity index (χ0) is 7.84. The van der Waals surface area contributed by atoms with Crippen LogP contribution in [0.15, 0.2) is 0 Å². The molecule has 0 radical (unpaired) electrons. The van der Waals surface area contributed by atoms with Crippen LogP contribution >= 0.6 is 0 Å². The zero-order valence-electron chi connectivity index (χ0n) is 7.29. The molecule has 1 saturated heterocycles. The third-order valence-electron chi connectivity index (χ3n) is 3.13. The van der Waals surface area contributed by atoms with E-state index in [1.165, 1.54) is 32.2 Å². The molecule has 11 heavy (non-hydrogen) atoms. The molecule has 0 spiro atoms. The van der Waals surface area contributed by atoms with Crippen molar-refractivity contribution < 1.29 is 0 Å². The summed E-state index contributed by atoms with van der Waals surface area (Å²) >= 11 is 0. The van der Waals surface area contributed by atoms with Gasteiger partial charge in [0.1, 0.15) is 0 Å². The van der Waals surface area contributed by atoms with Crippen molar-refractivity contribution in [3.05, 3.63) is 0 Å². The Labute approximate surface area is 68.7 Å². The molecular weight excluding hydrogens is 136 g/mol. The third-order valence-corrected chi connectivity index (χ3v) is 3.13. The molecule has 1 heterocycles. The maximum atomic E-state index is 5.93. The minimum Gasteiger partial charge on any atom is -0.328 e. The number of likely N-dealkylation sites (tertiary alicyclic amines) is 1. The highest BCUT2D eigenvalue weighted by Crippen LogP contribution is 2.38. The Morgan fingerprint density at radius 1 is 1.27 bits per heavy atom. The number of nitrogens with two attached hydrogens (primary N) is 1. The maximum Gasteiger partial charge on any atom is 0.0135 e. The highest BCUT2D eigenvalue weighted by atomic mass is 15.1. The van der Waals surface area contributed by atoms with Crippen molar-refractivity contribution in [3.63, 3.8) is 0 Å². The van der Waals surface area contributed by atoms with Crippen LogP contribution in [0.2, 0.25) is 0 Å². The molecule has 2 N–H and O–H groups in total. The Morgan fingerprint density at radius 2 is 2.00 bits per heavy atom. The van der Waals surface area contributed by atoms with Crippen LogP contribution in [0.3, 0.4) is 0 Å². The third kappa shape index (κ3) is 1.57. The van der Waals surface area contributed by atoms with Gasteiger partial charge in [-0.1, -0.05) is 0 Å². The first-order valence-corrected chi connectivity index (χ1v) is 4.73. The van der Waals surface area contributed by atoms with E-state index in [0.29, 0.717) is 6.04 Å². The molecule has 2 nitrogen and oxygen atoms in total. The van der Waals surface area contributed by atoms with E-state index in [1.807, 2.05) is 0 Å². The van der Waals surface area contributed by atoms with Crippen LogP contribution in [-0.2, 0) is 0 Å². The Kier molecular flexibility index (Phi) is 1.90. The molecule has 0 bridgehead atoms. The van der Waals surface area contributed by atoms with Gasteiger partial charge in [-0.2, -0.15) is 0 Å². The summed E-state index contributed by atoms with van der Waals surface area (Å²) in [6.07, 6.45) is 5.32. The SMILES string of the molecule is CN1CCC(N)CC1C1CC1. The number of hydrogen-bond acceptors (Lipinski definition) is 2. The molecule has 2 fully saturated rings. The van der Waals surface area contributed by atoms with Crippen LogP contribution < -0.4 is 5.73 Å². The van der Waals surface area contributed by atoms with Crippen LogP contribution in [0.4, 0.5) is 0 Å². The highest BCUT2D eigenvalue weighted by molar-refractivity contribution is 4.92. The normalized spacial score (nSPS) is 40.9. The lowest BCUT2D eigenvalue weighted by atomic mass is 9.95. The van der Waals surface area contributed by atoms with Crippen molar-refractivity contribution in [2.75, 3.05) is 13.6 Å². The molecule has 64 valence electrons. The first-order chi connectivity index (χ1) is 5.27. The first kappa shape index (κ1) is 7.56. The summed E-state index contributed by atoms with van der Waals surface area (Å²) in [6.45, 7) is 1.21. The van der Waals surface area contributed by atoms with Crippen LogP contribution in [0.1, 0.15) is 25.7 Å². The smallest absolute Gasteiger partial charge is 0.0135 e. The van der Waals surface area contributed by atoms with Gasteiger partial charge < -0.3 is 10.6 Å². The van der Waals surface area contributed by atoms with Gasteiger partial charge in [0, 0.05) is 12.1 Å². The van der Waals surface area contributed by atoms with Gasteiger partial charge in [-0.25, -0.2) is 0 Å². The van der Waals surface area contributed by atoms with Crippen LogP contribution in [0.25, 0.3) is 0 Å². The van der Waals surface area contributed by atoms with Crippen LogP contribution in [0, 0.1) is 5.92 Å². The fourth-order valence-corrected chi connectivity index (χ4v) is 2.18.